The number of carbonyl (C=O) groups is 2. The lowest BCUT2D eigenvalue weighted by molar-refractivity contribution is -0.115. The van der Waals surface area contributed by atoms with Gasteiger partial charge in [0.2, 0.25) is 5.91 Å². The van der Waals surface area contributed by atoms with Crippen LogP contribution in [-0.2, 0) is 4.79 Å². The first-order valence-corrected chi connectivity index (χ1v) is 7.99. The van der Waals surface area contributed by atoms with E-state index >= 15 is 0 Å². The summed E-state index contributed by atoms with van der Waals surface area (Å²) in [6.07, 6.45) is 0. The summed E-state index contributed by atoms with van der Waals surface area (Å²) in [5.41, 5.74) is 1.19. The maximum atomic E-state index is 12.1. The van der Waals surface area contributed by atoms with Crippen molar-refractivity contribution in [2.24, 2.45) is 0 Å². The van der Waals surface area contributed by atoms with E-state index in [4.69, 9.17) is 0 Å². The number of para-hydroxylation sites is 1. The fraction of sp³-hybridized carbons (Fsp3) is 0.385. The van der Waals surface area contributed by atoms with E-state index < -0.39 is 0 Å². The van der Waals surface area contributed by atoms with Gasteiger partial charge in [-0.3, -0.25) is 9.59 Å². The van der Waals surface area contributed by atoms with Crippen LogP contribution in [0.2, 0.25) is 0 Å². The van der Waals surface area contributed by atoms with Gasteiger partial charge in [0.25, 0.3) is 0 Å². The lowest BCUT2D eigenvalue weighted by atomic mass is 10.1. The van der Waals surface area contributed by atoms with Gasteiger partial charge in [0.15, 0.2) is 5.78 Å². The summed E-state index contributed by atoms with van der Waals surface area (Å²) < 4.78 is 0. The zero-order valence-corrected chi connectivity index (χ0v) is 11.8. The van der Waals surface area contributed by atoms with Crippen molar-refractivity contribution in [3.63, 3.8) is 0 Å². The molecule has 0 aliphatic carbocycles. The summed E-state index contributed by atoms with van der Waals surface area (Å²) in [4.78, 5) is 23.5. The molecule has 0 spiro atoms. The van der Waals surface area contributed by atoms with Crippen LogP contribution < -0.4 is 5.32 Å². The number of benzene rings is 1. The summed E-state index contributed by atoms with van der Waals surface area (Å²) >= 11 is 3.49. The first-order chi connectivity index (χ1) is 8.68. The standard InChI is InChI=1S/C13H15NO2S2/c1-9(15)10-4-2-3-5-11(10)14-13(16)12-8-17-6-7-18-12/h2-5,12H,6-8H2,1H3,(H,14,16). The molecule has 0 aromatic heterocycles. The van der Waals surface area contributed by atoms with E-state index in [9.17, 15) is 9.59 Å². The van der Waals surface area contributed by atoms with Gasteiger partial charge >= 0.3 is 0 Å². The number of ketones is 1. The molecule has 3 nitrogen and oxygen atoms in total. The summed E-state index contributed by atoms with van der Waals surface area (Å²) in [5.74, 6) is 2.94. The Balaban J connectivity index is 2.08. The van der Waals surface area contributed by atoms with Crippen molar-refractivity contribution < 1.29 is 9.59 Å². The second-order valence-corrected chi connectivity index (χ2v) is 6.49. The highest BCUT2D eigenvalue weighted by atomic mass is 32.2. The Morgan fingerprint density at radius 3 is 2.72 bits per heavy atom. The molecule has 1 atom stereocenters. The van der Waals surface area contributed by atoms with E-state index in [1.165, 1.54) is 6.92 Å². The molecule has 1 aliphatic rings. The molecule has 1 amide bonds. The Labute approximate surface area is 115 Å². The molecule has 1 fully saturated rings. The maximum absolute atomic E-state index is 12.1. The van der Waals surface area contributed by atoms with Crippen molar-refractivity contribution in [3.05, 3.63) is 29.8 Å². The van der Waals surface area contributed by atoms with Crippen LogP contribution in [-0.4, -0.2) is 34.2 Å². The number of carbonyl (C=O) groups excluding carboxylic acids is 2. The Kier molecular flexibility index (Phi) is 4.72. The summed E-state index contributed by atoms with van der Waals surface area (Å²) in [5, 5.41) is 2.86. The smallest absolute Gasteiger partial charge is 0.238 e. The maximum Gasteiger partial charge on any atom is 0.238 e. The van der Waals surface area contributed by atoms with Crippen molar-refractivity contribution >= 4 is 40.9 Å². The molecule has 2 rings (SSSR count). The molecule has 18 heavy (non-hydrogen) atoms. The first-order valence-electron chi connectivity index (χ1n) is 5.78. The molecular formula is C13H15NO2S2. The molecule has 5 heteroatoms. The molecule has 1 unspecified atom stereocenters. The number of rotatable bonds is 3. The van der Waals surface area contributed by atoms with E-state index in [1.807, 2.05) is 6.07 Å². The van der Waals surface area contributed by atoms with Gasteiger partial charge in [-0.25, -0.2) is 0 Å². The van der Waals surface area contributed by atoms with E-state index in [2.05, 4.69) is 5.32 Å². The van der Waals surface area contributed by atoms with Gasteiger partial charge in [-0.1, -0.05) is 12.1 Å². The van der Waals surface area contributed by atoms with Crippen molar-refractivity contribution in [1.82, 2.24) is 0 Å². The number of hydrogen-bond donors (Lipinski definition) is 1. The minimum atomic E-state index is -0.0310. The van der Waals surface area contributed by atoms with Gasteiger partial charge in [0, 0.05) is 22.8 Å². The van der Waals surface area contributed by atoms with Gasteiger partial charge in [-0.2, -0.15) is 11.8 Å². The quantitative estimate of drug-likeness (QED) is 0.865. The Hall–Kier alpha value is -0.940. The Morgan fingerprint density at radius 1 is 1.28 bits per heavy atom. The molecule has 0 radical (unpaired) electrons. The largest absolute Gasteiger partial charge is 0.324 e. The van der Waals surface area contributed by atoms with Crippen LogP contribution in [0.15, 0.2) is 24.3 Å². The van der Waals surface area contributed by atoms with Crippen LogP contribution in [0.5, 0.6) is 0 Å². The third-order valence-electron chi connectivity index (χ3n) is 2.67. The van der Waals surface area contributed by atoms with Crippen LogP contribution in [0.1, 0.15) is 17.3 Å². The lowest BCUT2D eigenvalue weighted by Crippen LogP contribution is -2.30. The van der Waals surface area contributed by atoms with E-state index in [-0.39, 0.29) is 16.9 Å². The third kappa shape index (κ3) is 3.29. The minimum absolute atomic E-state index is 0.000833. The molecule has 1 heterocycles. The number of amides is 1. The van der Waals surface area contributed by atoms with Crippen molar-refractivity contribution in [3.8, 4) is 0 Å². The molecule has 1 aliphatic heterocycles. The van der Waals surface area contributed by atoms with Crippen LogP contribution >= 0.6 is 23.5 Å². The average Bonchev–Trinajstić information content (AvgIpc) is 2.40. The van der Waals surface area contributed by atoms with Gasteiger partial charge in [-0.15, -0.1) is 11.8 Å². The Bertz CT molecular complexity index is 456. The number of nitrogens with one attached hydrogen (secondary N) is 1. The zero-order chi connectivity index (χ0) is 13.0. The third-order valence-corrected chi connectivity index (χ3v) is 5.43. The van der Waals surface area contributed by atoms with E-state index in [1.54, 1.807) is 41.7 Å². The van der Waals surface area contributed by atoms with Crippen LogP contribution in [0, 0.1) is 0 Å². The zero-order valence-electron chi connectivity index (χ0n) is 10.1. The number of anilines is 1. The van der Waals surface area contributed by atoms with E-state index in [0.29, 0.717) is 11.3 Å². The van der Waals surface area contributed by atoms with Crippen molar-refractivity contribution in [1.29, 1.82) is 0 Å². The fourth-order valence-corrected chi connectivity index (χ4v) is 4.31. The second kappa shape index (κ2) is 6.29. The van der Waals surface area contributed by atoms with Crippen molar-refractivity contribution in [2.45, 2.75) is 12.2 Å². The molecular weight excluding hydrogens is 266 g/mol. The SMILES string of the molecule is CC(=O)c1ccccc1NC(=O)C1CSCCS1. The molecule has 1 aromatic rings. The fourth-order valence-electron chi connectivity index (χ4n) is 1.75. The molecule has 1 N–H and O–H groups in total. The molecule has 96 valence electrons. The second-order valence-electron chi connectivity index (χ2n) is 4.03. The minimum Gasteiger partial charge on any atom is -0.324 e. The molecule has 0 saturated carbocycles. The van der Waals surface area contributed by atoms with Crippen LogP contribution in [0.4, 0.5) is 5.69 Å². The normalized spacial score (nSPS) is 19.3. The van der Waals surface area contributed by atoms with Crippen LogP contribution in [0.3, 0.4) is 0 Å². The Morgan fingerprint density at radius 2 is 2.06 bits per heavy atom. The molecule has 1 saturated heterocycles. The number of thioether (sulfide) groups is 2. The first kappa shape index (κ1) is 13.5. The predicted octanol–water partition coefficient (Wildman–Crippen LogP) is 2.68. The number of hydrogen-bond acceptors (Lipinski definition) is 4. The topological polar surface area (TPSA) is 46.2 Å². The highest BCUT2D eigenvalue weighted by Gasteiger charge is 2.23. The predicted molar refractivity (Wildman–Crippen MR) is 78.6 cm³/mol. The molecule has 0 bridgehead atoms. The highest BCUT2D eigenvalue weighted by Crippen LogP contribution is 2.25. The summed E-state index contributed by atoms with van der Waals surface area (Å²) in [7, 11) is 0. The summed E-state index contributed by atoms with van der Waals surface area (Å²) in [6.45, 7) is 1.51. The van der Waals surface area contributed by atoms with Gasteiger partial charge in [0.05, 0.1) is 10.9 Å². The lowest BCUT2D eigenvalue weighted by Gasteiger charge is -2.20. The van der Waals surface area contributed by atoms with Gasteiger partial charge < -0.3 is 5.32 Å². The average molecular weight is 281 g/mol. The monoisotopic (exact) mass is 281 g/mol. The number of Topliss-reactive ketones (excluding diaryl/α,β-unsaturated/α-hetero) is 1. The van der Waals surface area contributed by atoms with Crippen LogP contribution in [0.25, 0.3) is 0 Å². The van der Waals surface area contributed by atoms with Gasteiger partial charge in [-0.05, 0) is 19.1 Å². The highest BCUT2D eigenvalue weighted by molar-refractivity contribution is 8.07. The van der Waals surface area contributed by atoms with Crippen molar-refractivity contribution in [2.75, 3.05) is 22.6 Å². The summed E-state index contributed by atoms with van der Waals surface area (Å²) in [6, 6.07) is 7.14. The van der Waals surface area contributed by atoms with E-state index in [0.717, 1.165) is 17.3 Å². The van der Waals surface area contributed by atoms with Gasteiger partial charge in [0.1, 0.15) is 0 Å². The molecule has 1 aromatic carbocycles.